The largest absolute Gasteiger partial charge is 0.389 e. The second kappa shape index (κ2) is 5.36. The molecule has 0 aromatic rings. The minimum atomic E-state index is -0.301. The minimum absolute atomic E-state index is 0.301. The summed E-state index contributed by atoms with van der Waals surface area (Å²) in [5.41, 5.74) is 0. The van der Waals surface area contributed by atoms with Crippen molar-refractivity contribution in [3.63, 3.8) is 0 Å². The molecule has 0 amide bonds. The molecular weight excluding hydrogens is 136 g/mol. The first-order chi connectivity index (χ1) is 5.02. The van der Waals surface area contributed by atoms with Crippen LogP contribution in [0, 0.1) is 11.8 Å². The molecule has 0 fully saturated rings. The lowest BCUT2D eigenvalue weighted by Gasteiger charge is -2.08. The van der Waals surface area contributed by atoms with E-state index in [9.17, 15) is 0 Å². The van der Waals surface area contributed by atoms with Gasteiger partial charge in [0.05, 0.1) is 6.10 Å². The Morgan fingerprint density at radius 1 is 1.09 bits per heavy atom. The Hall–Kier alpha value is -0.300. The van der Waals surface area contributed by atoms with Gasteiger partial charge in [0.15, 0.2) is 0 Å². The van der Waals surface area contributed by atoms with Gasteiger partial charge in [-0.3, -0.25) is 0 Å². The highest BCUT2D eigenvalue weighted by Gasteiger charge is 2.00. The Morgan fingerprint density at radius 2 is 1.64 bits per heavy atom. The Balaban J connectivity index is 3.59. The van der Waals surface area contributed by atoms with E-state index in [-0.39, 0.29) is 6.10 Å². The van der Waals surface area contributed by atoms with E-state index in [1.165, 1.54) is 6.42 Å². The van der Waals surface area contributed by atoms with E-state index < -0.39 is 0 Å². The maximum atomic E-state index is 8.95. The summed E-state index contributed by atoms with van der Waals surface area (Å²) in [4.78, 5) is 0. The third-order valence-corrected chi connectivity index (χ3v) is 1.56. The van der Waals surface area contributed by atoms with Crippen molar-refractivity contribution in [2.24, 2.45) is 11.8 Å². The van der Waals surface area contributed by atoms with Crippen molar-refractivity contribution in [2.45, 2.75) is 40.2 Å². The fraction of sp³-hybridized carbons (Fsp3) is 0.800. The quantitative estimate of drug-likeness (QED) is 0.620. The molecule has 0 aliphatic rings. The molecule has 11 heavy (non-hydrogen) atoms. The maximum absolute atomic E-state index is 8.95. The van der Waals surface area contributed by atoms with Gasteiger partial charge in [-0.25, -0.2) is 0 Å². The highest BCUT2D eigenvalue weighted by molar-refractivity contribution is 4.90. The summed E-state index contributed by atoms with van der Waals surface area (Å²) in [6.45, 7) is 8.39. The maximum Gasteiger partial charge on any atom is 0.0692 e. The summed E-state index contributed by atoms with van der Waals surface area (Å²) in [5, 5.41) is 8.95. The van der Waals surface area contributed by atoms with Crippen LogP contribution in [0.3, 0.4) is 0 Å². The lowest BCUT2D eigenvalue weighted by atomic mass is 9.98. The van der Waals surface area contributed by atoms with Gasteiger partial charge < -0.3 is 5.11 Å². The summed E-state index contributed by atoms with van der Waals surface area (Å²) >= 11 is 0. The van der Waals surface area contributed by atoms with Crippen LogP contribution < -0.4 is 0 Å². The van der Waals surface area contributed by atoms with Gasteiger partial charge in [0, 0.05) is 0 Å². The van der Waals surface area contributed by atoms with Gasteiger partial charge in [0.25, 0.3) is 0 Å². The Labute approximate surface area is 70.1 Å². The highest BCUT2D eigenvalue weighted by Crippen LogP contribution is 2.11. The smallest absolute Gasteiger partial charge is 0.0692 e. The van der Waals surface area contributed by atoms with E-state index in [1.807, 2.05) is 6.08 Å². The fourth-order valence-electron chi connectivity index (χ4n) is 1.17. The zero-order chi connectivity index (χ0) is 8.85. The third-order valence-electron chi connectivity index (χ3n) is 1.56. The van der Waals surface area contributed by atoms with Gasteiger partial charge in [-0.15, -0.1) is 0 Å². The molecule has 0 saturated heterocycles. The fourth-order valence-corrected chi connectivity index (χ4v) is 1.17. The van der Waals surface area contributed by atoms with E-state index in [0.29, 0.717) is 5.92 Å². The highest BCUT2D eigenvalue weighted by atomic mass is 16.3. The molecule has 0 aliphatic heterocycles. The normalized spacial score (nSPS) is 17.6. The molecule has 1 nitrogen and oxygen atoms in total. The molecule has 0 heterocycles. The van der Waals surface area contributed by atoms with Gasteiger partial charge in [-0.2, -0.15) is 0 Å². The monoisotopic (exact) mass is 156 g/mol. The molecule has 2 atom stereocenters. The van der Waals surface area contributed by atoms with Crippen molar-refractivity contribution < 1.29 is 5.11 Å². The Morgan fingerprint density at radius 3 is 2.00 bits per heavy atom. The Kier molecular flexibility index (Phi) is 5.22. The summed E-state index contributed by atoms with van der Waals surface area (Å²) in [6.07, 6.45) is 4.84. The minimum Gasteiger partial charge on any atom is -0.389 e. The molecule has 0 rings (SSSR count). The van der Waals surface area contributed by atoms with E-state index in [1.54, 1.807) is 6.92 Å². The molecule has 0 aliphatic carbocycles. The molecular formula is C10H20O. The predicted octanol–water partition coefficient (Wildman–Crippen LogP) is 2.61. The van der Waals surface area contributed by atoms with Crippen LogP contribution in [0.15, 0.2) is 12.2 Å². The lowest BCUT2D eigenvalue weighted by Crippen LogP contribution is -1.99. The van der Waals surface area contributed by atoms with E-state index in [4.69, 9.17) is 5.11 Å². The number of aliphatic hydroxyl groups is 1. The third kappa shape index (κ3) is 7.60. The van der Waals surface area contributed by atoms with Crippen LogP contribution >= 0.6 is 0 Å². The van der Waals surface area contributed by atoms with Crippen molar-refractivity contribution >= 4 is 0 Å². The van der Waals surface area contributed by atoms with Gasteiger partial charge in [-0.05, 0) is 25.2 Å². The van der Waals surface area contributed by atoms with E-state index >= 15 is 0 Å². The topological polar surface area (TPSA) is 20.2 Å². The zero-order valence-electron chi connectivity index (χ0n) is 8.04. The molecule has 0 radical (unpaired) electrons. The first-order valence-electron chi connectivity index (χ1n) is 4.38. The lowest BCUT2D eigenvalue weighted by molar-refractivity contribution is 0.243. The number of rotatable bonds is 4. The van der Waals surface area contributed by atoms with Gasteiger partial charge in [0.2, 0.25) is 0 Å². The van der Waals surface area contributed by atoms with E-state index in [2.05, 4.69) is 26.8 Å². The number of hydrogen-bond acceptors (Lipinski definition) is 1. The second-order valence-corrected chi connectivity index (χ2v) is 3.73. The number of hydrogen-bond donors (Lipinski definition) is 1. The predicted molar refractivity (Wildman–Crippen MR) is 49.4 cm³/mol. The van der Waals surface area contributed by atoms with Crippen molar-refractivity contribution in [2.75, 3.05) is 0 Å². The van der Waals surface area contributed by atoms with Crippen LogP contribution in [0.25, 0.3) is 0 Å². The van der Waals surface area contributed by atoms with Crippen LogP contribution in [-0.4, -0.2) is 11.2 Å². The van der Waals surface area contributed by atoms with Crippen LogP contribution in [0.5, 0.6) is 0 Å². The summed E-state index contributed by atoms with van der Waals surface area (Å²) < 4.78 is 0. The molecule has 66 valence electrons. The first-order valence-corrected chi connectivity index (χ1v) is 4.38. The second-order valence-electron chi connectivity index (χ2n) is 3.73. The summed E-state index contributed by atoms with van der Waals surface area (Å²) in [6, 6.07) is 0. The van der Waals surface area contributed by atoms with Gasteiger partial charge >= 0.3 is 0 Å². The molecule has 0 saturated carbocycles. The first kappa shape index (κ1) is 10.7. The van der Waals surface area contributed by atoms with Crippen molar-refractivity contribution in [1.29, 1.82) is 0 Å². The summed E-state index contributed by atoms with van der Waals surface area (Å²) in [7, 11) is 0. The van der Waals surface area contributed by atoms with Crippen LogP contribution in [0.1, 0.15) is 34.1 Å². The summed E-state index contributed by atoms with van der Waals surface area (Å²) in [5.74, 6) is 1.33. The number of aliphatic hydroxyl groups excluding tert-OH is 1. The van der Waals surface area contributed by atoms with Crippen LogP contribution in [0.2, 0.25) is 0 Å². The molecule has 0 spiro atoms. The zero-order valence-corrected chi connectivity index (χ0v) is 8.04. The van der Waals surface area contributed by atoms with Crippen molar-refractivity contribution in [3.05, 3.63) is 12.2 Å². The van der Waals surface area contributed by atoms with Crippen molar-refractivity contribution in [1.82, 2.24) is 0 Å². The molecule has 0 aromatic heterocycles. The molecule has 0 aromatic carbocycles. The van der Waals surface area contributed by atoms with Gasteiger partial charge in [-0.1, -0.05) is 32.9 Å². The van der Waals surface area contributed by atoms with Crippen molar-refractivity contribution in [3.8, 4) is 0 Å². The molecule has 0 bridgehead atoms. The number of allylic oxidation sites excluding steroid dienone is 1. The average Bonchev–Trinajstić information content (AvgIpc) is 1.82. The standard InChI is InChI=1S/C10H20O/c1-8(2)7-9(3)5-6-10(4)11/h5-6,8-11H,7H2,1-4H3. The molecule has 1 heteroatoms. The van der Waals surface area contributed by atoms with Gasteiger partial charge in [0.1, 0.15) is 0 Å². The van der Waals surface area contributed by atoms with Crippen LogP contribution in [0.4, 0.5) is 0 Å². The molecule has 2 unspecified atom stereocenters. The SMILES string of the molecule is CC(O)C=CC(C)CC(C)C. The van der Waals surface area contributed by atoms with E-state index in [0.717, 1.165) is 5.92 Å². The van der Waals surface area contributed by atoms with Crippen LogP contribution in [-0.2, 0) is 0 Å². The molecule has 1 N–H and O–H groups in total. The average molecular weight is 156 g/mol. The Bertz CT molecular complexity index is 114.